The van der Waals surface area contributed by atoms with E-state index in [1.165, 1.54) is 43.1 Å². The summed E-state index contributed by atoms with van der Waals surface area (Å²) in [4.78, 5) is 53.4. The normalized spacial score (nSPS) is 21.7. The number of carbonyl (C=O) groups excluding carboxylic acids is 2. The van der Waals surface area contributed by atoms with Gasteiger partial charge in [-0.1, -0.05) is 6.08 Å². The van der Waals surface area contributed by atoms with Gasteiger partial charge < -0.3 is 21.3 Å². The number of aliphatic carboxylic acids is 2. The number of thioether (sulfide) groups is 1. The number of anilines is 1. The zero-order valence-electron chi connectivity index (χ0n) is 15.4. The third kappa shape index (κ3) is 3.85. The molecule has 3 rings (SSSR count). The van der Waals surface area contributed by atoms with Gasteiger partial charge in [-0.2, -0.15) is 0 Å². The van der Waals surface area contributed by atoms with Crippen LogP contribution in [-0.2, 0) is 19.2 Å². The highest BCUT2D eigenvalue weighted by Crippen LogP contribution is 2.38. The van der Waals surface area contributed by atoms with Crippen molar-refractivity contribution in [2.24, 2.45) is 5.41 Å². The Hall–Kier alpha value is -2.86. The standard InChI is InChI=1S/C17H18N4O6S2/c1-17(2,15(26)27)5-7(8-6-29-16(18)19-8)11(22)20-10-12(23)21-9(14(24)25)3-4-28-13(10)21/h3,5-6,10,13H,4H2,1-2H3,(H2,18,19)(H,20,22)(H,24,25)(H,26,27)/t10-,13+/m1/s1. The van der Waals surface area contributed by atoms with Crippen LogP contribution >= 0.6 is 23.1 Å². The lowest BCUT2D eigenvalue weighted by Gasteiger charge is -2.48. The lowest BCUT2D eigenvalue weighted by atomic mass is 9.89. The Morgan fingerprint density at radius 1 is 1.38 bits per heavy atom. The van der Waals surface area contributed by atoms with Crippen LogP contribution in [0.4, 0.5) is 5.13 Å². The van der Waals surface area contributed by atoms with Crippen molar-refractivity contribution >= 4 is 57.6 Å². The molecule has 1 fully saturated rings. The molecule has 0 spiro atoms. The number of nitrogens with two attached hydrogens (primary N) is 1. The van der Waals surface area contributed by atoms with Crippen molar-refractivity contribution in [3.63, 3.8) is 0 Å². The average Bonchev–Trinajstić information content (AvgIpc) is 3.08. The maximum absolute atomic E-state index is 12.9. The van der Waals surface area contributed by atoms with Gasteiger partial charge in [0.05, 0.1) is 16.7 Å². The molecule has 0 radical (unpaired) electrons. The van der Waals surface area contributed by atoms with Crippen LogP contribution in [0.3, 0.4) is 0 Å². The fourth-order valence-corrected chi connectivity index (χ4v) is 4.60. The molecule has 12 heteroatoms. The van der Waals surface area contributed by atoms with Crippen LogP contribution in [0.25, 0.3) is 5.57 Å². The van der Waals surface area contributed by atoms with Crippen molar-refractivity contribution in [3.05, 3.63) is 28.9 Å². The molecule has 1 aromatic heterocycles. The van der Waals surface area contributed by atoms with Crippen molar-refractivity contribution in [2.45, 2.75) is 25.3 Å². The minimum atomic E-state index is -1.38. The van der Waals surface area contributed by atoms with Gasteiger partial charge in [-0.05, 0) is 19.9 Å². The Morgan fingerprint density at radius 2 is 2.07 bits per heavy atom. The Balaban J connectivity index is 1.86. The predicted octanol–water partition coefficient (Wildman–Crippen LogP) is 0.588. The molecule has 2 atom stereocenters. The molecule has 154 valence electrons. The molecule has 2 aliphatic rings. The van der Waals surface area contributed by atoms with Crippen LogP contribution in [-0.4, -0.2) is 61.0 Å². The monoisotopic (exact) mass is 438 g/mol. The quantitative estimate of drug-likeness (QED) is 0.367. The molecule has 29 heavy (non-hydrogen) atoms. The van der Waals surface area contributed by atoms with Crippen molar-refractivity contribution < 1.29 is 29.4 Å². The van der Waals surface area contributed by atoms with Gasteiger partial charge in [0.15, 0.2) is 5.13 Å². The van der Waals surface area contributed by atoms with E-state index in [-0.39, 0.29) is 22.1 Å². The van der Waals surface area contributed by atoms with Crippen molar-refractivity contribution in [1.29, 1.82) is 0 Å². The summed E-state index contributed by atoms with van der Waals surface area (Å²) >= 11 is 2.41. The molecule has 0 saturated carbocycles. The Morgan fingerprint density at radius 3 is 2.62 bits per heavy atom. The smallest absolute Gasteiger partial charge is 0.352 e. The number of carbonyl (C=O) groups is 4. The second-order valence-electron chi connectivity index (χ2n) is 6.93. The summed E-state index contributed by atoms with van der Waals surface area (Å²) in [6, 6.07) is -0.928. The SMILES string of the molecule is CC(C)(C=C(C(=O)N[C@@H]1C(=O)N2C(C(=O)O)=CCS[C@@H]12)c1csc(N)n1)C(=O)O. The van der Waals surface area contributed by atoms with E-state index in [9.17, 15) is 29.4 Å². The van der Waals surface area contributed by atoms with Crippen LogP contribution in [0.2, 0.25) is 0 Å². The highest BCUT2D eigenvalue weighted by molar-refractivity contribution is 8.00. The fourth-order valence-electron chi connectivity index (χ4n) is 2.85. The van der Waals surface area contributed by atoms with Crippen LogP contribution in [0.5, 0.6) is 0 Å². The molecule has 10 nitrogen and oxygen atoms in total. The summed E-state index contributed by atoms with van der Waals surface area (Å²) in [5.41, 5.74) is 4.33. The first-order chi connectivity index (χ1) is 13.5. The van der Waals surface area contributed by atoms with E-state index in [1.54, 1.807) is 0 Å². The number of nitrogens with one attached hydrogen (secondary N) is 1. The van der Waals surface area contributed by atoms with Crippen LogP contribution in [0, 0.1) is 5.41 Å². The molecule has 3 heterocycles. The molecule has 1 aromatic rings. The Bertz CT molecular complexity index is 967. The van der Waals surface area contributed by atoms with Crippen molar-refractivity contribution in [3.8, 4) is 0 Å². The molecule has 2 aliphatic heterocycles. The number of hydrogen-bond acceptors (Lipinski definition) is 8. The number of fused-ring (bicyclic) bond motifs is 1. The highest BCUT2D eigenvalue weighted by atomic mass is 32.2. The average molecular weight is 438 g/mol. The lowest BCUT2D eigenvalue weighted by molar-refractivity contribution is -0.150. The number of thiazole rings is 1. The number of nitrogens with zero attached hydrogens (tertiary/aromatic N) is 2. The summed E-state index contributed by atoms with van der Waals surface area (Å²) in [6.45, 7) is 2.85. The fraction of sp³-hybridized carbons (Fsp3) is 0.353. The molecule has 5 N–H and O–H groups in total. The van der Waals surface area contributed by atoms with E-state index in [0.717, 1.165) is 16.2 Å². The molecule has 0 bridgehead atoms. The molecule has 0 aliphatic carbocycles. The van der Waals surface area contributed by atoms with Gasteiger partial charge in [0, 0.05) is 11.1 Å². The third-order valence-corrected chi connectivity index (χ3v) is 6.31. The first-order valence-corrected chi connectivity index (χ1v) is 10.3. The molecule has 1 saturated heterocycles. The summed E-state index contributed by atoms with van der Waals surface area (Å²) < 4.78 is 0. The highest BCUT2D eigenvalue weighted by Gasteiger charge is 2.53. The van der Waals surface area contributed by atoms with Gasteiger partial charge in [-0.3, -0.25) is 19.3 Å². The van der Waals surface area contributed by atoms with Crippen molar-refractivity contribution in [1.82, 2.24) is 15.2 Å². The largest absolute Gasteiger partial charge is 0.481 e. The molecule has 0 unspecified atom stereocenters. The number of nitrogen functional groups attached to an aromatic ring is 1. The van der Waals surface area contributed by atoms with E-state index < -0.39 is 40.6 Å². The number of carboxylic acid groups (broad SMARTS) is 2. The molecule has 0 aromatic carbocycles. The van der Waals surface area contributed by atoms with Gasteiger partial charge in [-0.25, -0.2) is 9.78 Å². The van der Waals surface area contributed by atoms with E-state index in [1.807, 2.05) is 0 Å². The van der Waals surface area contributed by atoms with E-state index in [4.69, 9.17) is 5.73 Å². The first-order valence-electron chi connectivity index (χ1n) is 8.39. The number of aromatic nitrogens is 1. The van der Waals surface area contributed by atoms with E-state index in [2.05, 4.69) is 10.3 Å². The summed E-state index contributed by atoms with van der Waals surface area (Å²) in [6.07, 6.45) is 2.70. The van der Waals surface area contributed by atoms with Crippen LogP contribution < -0.4 is 11.1 Å². The van der Waals surface area contributed by atoms with E-state index in [0.29, 0.717) is 5.75 Å². The van der Waals surface area contributed by atoms with Crippen LogP contribution in [0.15, 0.2) is 23.2 Å². The number of amides is 2. The maximum Gasteiger partial charge on any atom is 0.352 e. The van der Waals surface area contributed by atoms with Crippen LogP contribution in [0.1, 0.15) is 19.5 Å². The minimum absolute atomic E-state index is 0.0218. The van der Waals surface area contributed by atoms with Gasteiger partial charge >= 0.3 is 11.9 Å². The number of rotatable bonds is 6. The third-order valence-electron chi connectivity index (χ3n) is 4.45. The molecule has 2 amide bonds. The lowest BCUT2D eigenvalue weighted by Crippen LogP contribution is -2.70. The Labute approximate surface area is 173 Å². The zero-order valence-corrected chi connectivity index (χ0v) is 17.0. The molecular weight excluding hydrogens is 420 g/mol. The topological polar surface area (TPSA) is 163 Å². The van der Waals surface area contributed by atoms with E-state index >= 15 is 0 Å². The summed E-state index contributed by atoms with van der Waals surface area (Å²) in [7, 11) is 0. The first kappa shape index (κ1) is 20.9. The number of carboxylic acids is 2. The predicted molar refractivity (Wildman–Crippen MR) is 107 cm³/mol. The number of hydrogen-bond donors (Lipinski definition) is 4. The maximum atomic E-state index is 12.9. The van der Waals surface area contributed by atoms with Gasteiger partial charge in [0.1, 0.15) is 17.1 Å². The second-order valence-corrected chi connectivity index (χ2v) is 8.97. The Kier molecular flexibility index (Phi) is 5.41. The van der Waals surface area contributed by atoms with Gasteiger partial charge in [0.25, 0.3) is 11.8 Å². The number of β-lactam (4-membered cyclic amide) rings is 1. The van der Waals surface area contributed by atoms with Gasteiger partial charge in [0.2, 0.25) is 0 Å². The summed E-state index contributed by atoms with van der Waals surface area (Å²) in [5, 5.41) is 22.4. The minimum Gasteiger partial charge on any atom is -0.481 e. The molecular formula is C17H18N4O6S2. The zero-order chi connectivity index (χ0) is 21.5. The van der Waals surface area contributed by atoms with Gasteiger partial charge in [-0.15, -0.1) is 23.1 Å². The van der Waals surface area contributed by atoms with Crippen molar-refractivity contribution in [2.75, 3.05) is 11.5 Å². The second kappa shape index (κ2) is 7.52. The summed E-state index contributed by atoms with van der Waals surface area (Å²) in [5.74, 6) is -3.19.